The summed E-state index contributed by atoms with van der Waals surface area (Å²) in [6, 6.07) is 9.22. The van der Waals surface area contributed by atoms with E-state index in [-0.39, 0.29) is 35.6 Å². The summed E-state index contributed by atoms with van der Waals surface area (Å²) in [6.07, 6.45) is 0.684. The van der Waals surface area contributed by atoms with Crippen molar-refractivity contribution in [3.8, 4) is 0 Å². The van der Waals surface area contributed by atoms with Crippen molar-refractivity contribution in [3.63, 3.8) is 0 Å². The summed E-state index contributed by atoms with van der Waals surface area (Å²) in [5.41, 5.74) is -0.111. The number of Topliss-reactive ketones (excluding diaryl/α,β-unsaturated/α-hetero) is 1. The van der Waals surface area contributed by atoms with E-state index in [0.29, 0.717) is 21.7 Å². The number of halogens is 1. The van der Waals surface area contributed by atoms with Crippen LogP contribution in [-0.4, -0.2) is 18.4 Å². The standard InChI is InChI=1S/C18H13ClO5S/c19-11-5-6-15-12(9-11)14(21)10-16(24-15)18(22)23-7-1-3-13(20)17-4-2-8-25-17/h2,4-6,8-10H,1,3,7H2. The summed E-state index contributed by atoms with van der Waals surface area (Å²) in [7, 11) is 0. The molecule has 25 heavy (non-hydrogen) atoms. The van der Waals surface area contributed by atoms with Crippen LogP contribution in [0.5, 0.6) is 0 Å². The quantitative estimate of drug-likeness (QED) is 0.363. The maximum Gasteiger partial charge on any atom is 0.374 e. The predicted octanol–water partition coefficient (Wildman–Crippen LogP) is 4.33. The Labute approximate surface area is 151 Å². The fraction of sp³-hybridized carbons (Fsp3) is 0.167. The lowest BCUT2D eigenvalue weighted by molar-refractivity contribution is 0.0459. The molecule has 128 valence electrons. The smallest absolute Gasteiger partial charge is 0.374 e. The van der Waals surface area contributed by atoms with Crippen LogP contribution >= 0.6 is 22.9 Å². The average molecular weight is 377 g/mol. The van der Waals surface area contributed by atoms with Crippen molar-refractivity contribution in [2.45, 2.75) is 12.8 Å². The van der Waals surface area contributed by atoms with Gasteiger partial charge in [-0.3, -0.25) is 9.59 Å². The van der Waals surface area contributed by atoms with Crippen LogP contribution in [0.2, 0.25) is 5.02 Å². The first-order chi connectivity index (χ1) is 12.0. The third-order valence-electron chi connectivity index (χ3n) is 3.47. The highest BCUT2D eigenvalue weighted by molar-refractivity contribution is 7.12. The van der Waals surface area contributed by atoms with Gasteiger partial charge in [0.25, 0.3) is 0 Å². The number of rotatable bonds is 6. The number of thiophene rings is 1. The number of fused-ring (bicyclic) bond motifs is 1. The maximum atomic E-state index is 12.0. The first-order valence-electron chi connectivity index (χ1n) is 7.52. The van der Waals surface area contributed by atoms with Gasteiger partial charge in [-0.2, -0.15) is 0 Å². The van der Waals surface area contributed by atoms with Crippen LogP contribution in [0.1, 0.15) is 33.1 Å². The minimum absolute atomic E-state index is 0.0140. The molecule has 0 radical (unpaired) electrons. The molecule has 0 spiro atoms. The molecule has 1 aromatic carbocycles. The zero-order valence-corrected chi connectivity index (χ0v) is 14.6. The molecule has 7 heteroatoms. The van der Waals surface area contributed by atoms with Gasteiger partial charge >= 0.3 is 5.97 Å². The van der Waals surface area contributed by atoms with E-state index in [1.807, 2.05) is 11.4 Å². The summed E-state index contributed by atoms with van der Waals surface area (Å²) in [5.74, 6) is -0.901. The van der Waals surface area contributed by atoms with Gasteiger partial charge in [-0.1, -0.05) is 17.7 Å². The molecule has 2 aromatic heterocycles. The van der Waals surface area contributed by atoms with E-state index < -0.39 is 5.97 Å². The summed E-state index contributed by atoms with van der Waals surface area (Å²) in [4.78, 5) is 36.6. The summed E-state index contributed by atoms with van der Waals surface area (Å²) in [5, 5.41) is 2.54. The molecule has 0 saturated heterocycles. The lowest BCUT2D eigenvalue weighted by Gasteiger charge is -2.05. The number of ether oxygens (including phenoxy) is 1. The second kappa shape index (κ2) is 7.63. The zero-order chi connectivity index (χ0) is 17.8. The molecule has 0 aliphatic carbocycles. The number of carbonyl (C=O) groups excluding carboxylic acids is 2. The molecule has 2 heterocycles. The monoisotopic (exact) mass is 376 g/mol. The highest BCUT2D eigenvalue weighted by Crippen LogP contribution is 2.18. The van der Waals surface area contributed by atoms with Crippen molar-refractivity contribution in [1.29, 1.82) is 0 Å². The lowest BCUT2D eigenvalue weighted by atomic mass is 10.2. The van der Waals surface area contributed by atoms with Crippen molar-refractivity contribution >= 4 is 45.7 Å². The maximum absolute atomic E-state index is 12.0. The van der Waals surface area contributed by atoms with Gasteiger partial charge in [0.2, 0.25) is 5.76 Å². The molecule has 0 atom stereocenters. The Morgan fingerprint density at radius 3 is 2.80 bits per heavy atom. The van der Waals surface area contributed by atoms with E-state index in [4.69, 9.17) is 20.8 Å². The largest absolute Gasteiger partial charge is 0.460 e. The topological polar surface area (TPSA) is 73.6 Å². The predicted molar refractivity (Wildman–Crippen MR) is 95.7 cm³/mol. The Morgan fingerprint density at radius 2 is 2.04 bits per heavy atom. The summed E-state index contributed by atoms with van der Waals surface area (Å²) in [6.45, 7) is 0.0678. The Hall–Kier alpha value is -2.44. The second-order valence-electron chi connectivity index (χ2n) is 5.26. The van der Waals surface area contributed by atoms with Gasteiger partial charge in [-0.05, 0) is 36.1 Å². The molecule has 5 nitrogen and oxygen atoms in total. The number of hydrogen-bond donors (Lipinski definition) is 0. The van der Waals surface area contributed by atoms with Crippen LogP contribution in [0.3, 0.4) is 0 Å². The Bertz CT molecular complexity index is 975. The molecule has 0 aliphatic rings. The van der Waals surface area contributed by atoms with Crippen LogP contribution in [0.4, 0.5) is 0 Å². The zero-order valence-electron chi connectivity index (χ0n) is 13.0. The van der Waals surface area contributed by atoms with E-state index in [0.717, 1.165) is 6.07 Å². The van der Waals surface area contributed by atoms with Gasteiger partial charge in [-0.25, -0.2) is 4.79 Å². The molecular formula is C18H13ClO5S. The van der Waals surface area contributed by atoms with Crippen molar-refractivity contribution in [1.82, 2.24) is 0 Å². The third kappa shape index (κ3) is 4.15. The second-order valence-corrected chi connectivity index (χ2v) is 6.64. The fourth-order valence-corrected chi connectivity index (χ4v) is 3.12. The third-order valence-corrected chi connectivity index (χ3v) is 4.61. The van der Waals surface area contributed by atoms with Gasteiger partial charge in [-0.15, -0.1) is 11.3 Å². The molecule has 0 unspecified atom stereocenters. The number of hydrogen-bond acceptors (Lipinski definition) is 6. The first kappa shape index (κ1) is 17.4. The van der Waals surface area contributed by atoms with Gasteiger partial charge in [0.1, 0.15) is 5.58 Å². The van der Waals surface area contributed by atoms with Crippen LogP contribution < -0.4 is 5.43 Å². The van der Waals surface area contributed by atoms with E-state index in [1.54, 1.807) is 12.1 Å². The lowest BCUT2D eigenvalue weighted by Crippen LogP contribution is -2.11. The molecule has 0 bridgehead atoms. The summed E-state index contributed by atoms with van der Waals surface area (Å²) < 4.78 is 10.5. The fourth-order valence-electron chi connectivity index (χ4n) is 2.26. The molecule has 3 aromatic rings. The van der Waals surface area contributed by atoms with Crippen molar-refractivity contribution in [2.24, 2.45) is 0 Å². The number of carbonyl (C=O) groups is 2. The molecule has 0 saturated carbocycles. The highest BCUT2D eigenvalue weighted by atomic mass is 35.5. The van der Waals surface area contributed by atoms with E-state index in [9.17, 15) is 14.4 Å². The van der Waals surface area contributed by atoms with Gasteiger partial charge < -0.3 is 9.15 Å². The minimum Gasteiger partial charge on any atom is -0.460 e. The van der Waals surface area contributed by atoms with Crippen molar-refractivity contribution < 1.29 is 18.7 Å². The van der Waals surface area contributed by atoms with E-state index in [1.165, 1.54) is 23.5 Å². The van der Waals surface area contributed by atoms with E-state index in [2.05, 4.69) is 0 Å². The molecule has 3 rings (SSSR count). The number of benzene rings is 1. The molecule has 0 fully saturated rings. The van der Waals surface area contributed by atoms with Gasteiger partial charge in [0.15, 0.2) is 11.2 Å². The molecule has 0 N–H and O–H groups in total. The Kier molecular flexibility index (Phi) is 5.31. The van der Waals surface area contributed by atoms with Crippen molar-refractivity contribution in [3.05, 3.63) is 67.7 Å². The Balaban J connectivity index is 1.60. The highest BCUT2D eigenvalue weighted by Gasteiger charge is 2.14. The minimum atomic E-state index is -0.738. The van der Waals surface area contributed by atoms with Crippen LogP contribution in [0.15, 0.2) is 51.0 Å². The number of ketones is 1. The van der Waals surface area contributed by atoms with Crippen LogP contribution in [0, 0.1) is 0 Å². The number of esters is 1. The average Bonchev–Trinajstić information content (AvgIpc) is 3.13. The van der Waals surface area contributed by atoms with Gasteiger partial charge in [0.05, 0.1) is 16.9 Å². The van der Waals surface area contributed by atoms with E-state index >= 15 is 0 Å². The van der Waals surface area contributed by atoms with Crippen LogP contribution in [-0.2, 0) is 4.74 Å². The van der Waals surface area contributed by atoms with Crippen molar-refractivity contribution in [2.75, 3.05) is 6.61 Å². The molecular weight excluding hydrogens is 364 g/mol. The van der Waals surface area contributed by atoms with Gasteiger partial charge in [0, 0.05) is 17.5 Å². The molecule has 0 aliphatic heterocycles. The first-order valence-corrected chi connectivity index (χ1v) is 8.77. The SMILES string of the molecule is O=C(OCCCC(=O)c1cccs1)c1cc(=O)c2cc(Cl)ccc2o1. The Morgan fingerprint density at radius 1 is 1.20 bits per heavy atom. The molecule has 0 amide bonds. The summed E-state index contributed by atoms with van der Waals surface area (Å²) >= 11 is 7.22. The van der Waals surface area contributed by atoms with Crippen LogP contribution in [0.25, 0.3) is 11.0 Å². The normalized spacial score (nSPS) is 10.8.